The lowest BCUT2D eigenvalue weighted by atomic mass is 9.40. The molecule has 248 valence electrons. The summed E-state index contributed by atoms with van der Waals surface area (Å²) in [5.74, 6) is 0.277. The topological polar surface area (TPSA) is 107 Å². The fraction of sp³-hybridized carbons (Fsp3) is 0.692. The lowest BCUT2D eigenvalue weighted by molar-refractivity contribution is -0.155. The van der Waals surface area contributed by atoms with Gasteiger partial charge in [-0.15, -0.1) is 0 Å². The zero-order chi connectivity index (χ0) is 32.8. The third kappa shape index (κ3) is 5.73. The van der Waals surface area contributed by atoms with E-state index in [2.05, 4.69) is 52.6 Å². The van der Waals surface area contributed by atoms with Crippen molar-refractivity contribution in [2.45, 2.75) is 98.8 Å². The second-order valence-corrected chi connectivity index (χ2v) is 16.2. The Morgan fingerprint density at radius 3 is 2.24 bits per heavy atom. The number of carbonyl (C=O) groups is 2. The van der Waals surface area contributed by atoms with Crippen LogP contribution in [0, 0.1) is 51.2 Å². The molecule has 0 aliphatic heterocycles. The number of rotatable bonds is 8. The number of carboxylic acid groups (broad SMARTS) is 2. The molecule has 4 N–H and O–H groups in total. The summed E-state index contributed by atoms with van der Waals surface area (Å²) < 4.78 is 0. The Balaban J connectivity index is 1.45. The van der Waals surface area contributed by atoms with Gasteiger partial charge in [0.1, 0.15) is 0 Å². The smallest absolute Gasteiger partial charge is 0.335 e. The van der Waals surface area contributed by atoms with Crippen LogP contribution in [0.5, 0.6) is 0 Å². The highest BCUT2D eigenvalue weighted by atomic mass is 16.4. The fourth-order valence-corrected chi connectivity index (χ4v) is 11.4. The molecular formula is C39H57NO5. The molecule has 8 unspecified atom stereocenters. The summed E-state index contributed by atoms with van der Waals surface area (Å²) in [6, 6.07) is 7.43. The first-order chi connectivity index (χ1) is 21.2. The van der Waals surface area contributed by atoms with Crippen LogP contribution in [0.2, 0.25) is 0 Å². The monoisotopic (exact) mass is 619 g/mol. The van der Waals surface area contributed by atoms with E-state index < -0.39 is 17.4 Å². The molecule has 0 bridgehead atoms. The molecule has 0 saturated heterocycles. The lowest BCUT2D eigenvalue weighted by Crippen LogP contribution is -2.56. The van der Waals surface area contributed by atoms with Crippen molar-refractivity contribution in [3.05, 3.63) is 53.6 Å². The highest BCUT2D eigenvalue weighted by Gasteiger charge is 2.61. The van der Waals surface area contributed by atoms with Gasteiger partial charge in [-0.3, -0.25) is 4.79 Å². The van der Waals surface area contributed by atoms with Crippen LogP contribution in [-0.2, 0) is 4.79 Å². The summed E-state index contributed by atoms with van der Waals surface area (Å²) in [7, 11) is 0. The third-order valence-electron chi connectivity index (χ3n) is 14.0. The Morgan fingerprint density at radius 1 is 0.911 bits per heavy atom. The minimum Gasteiger partial charge on any atom is -0.481 e. The Kier molecular flexibility index (Phi) is 9.52. The number of benzene rings is 1. The molecule has 0 radical (unpaired) electrons. The number of aliphatic hydroxyl groups is 1. The number of allylic oxidation sites excluding steroid dienone is 2. The van der Waals surface area contributed by atoms with Gasteiger partial charge in [0.05, 0.1) is 17.6 Å². The number of carboxylic acids is 2. The first-order valence-corrected chi connectivity index (χ1v) is 17.5. The molecule has 0 aromatic heterocycles. The van der Waals surface area contributed by atoms with E-state index in [1.807, 2.05) is 12.1 Å². The van der Waals surface area contributed by atoms with Crippen molar-refractivity contribution in [3.63, 3.8) is 0 Å². The van der Waals surface area contributed by atoms with Crippen molar-refractivity contribution >= 4 is 17.5 Å². The van der Waals surface area contributed by atoms with E-state index in [0.29, 0.717) is 36.4 Å². The molecule has 0 heterocycles. The van der Waals surface area contributed by atoms with Gasteiger partial charge in [-0.25, -0.2) is 4.79 Å². The van der Waals surface area contributed by atoms with Crippen LogP contribution in [-0.4, -0.2) is 47.0 Å². The number of fused-ring (bicyclic) bond motifs is 4. The van der Waals surface area contributed by atoms with Gasteiger partial charge in [-0.05, 0) is 127 Å². The van der Waals surface area contributed by atoms with Crippen LogP contribution in [0.3, 0.4) is 0 Å². The summed E-state index contributed by atoms with van der Waals surface area (Å²) in [6.07, 6.45) is 12.2. The van der Waals surface area contributed by atoms with E-state index >= 15 is 0 Å². The third-order valence-corrected chi connectivity index (χ3v) is 14.0. The molecule has 3 saturated carbocycles. The van der Waals surface area contributed by atoms with Crippen LogP contribution in [0.1, 0.15) is 115 Å². The number of hydrogen-bond acceptors (Lipinski definition) is 4. The van der Waals surface area contributed by atoms with E-state index in [9.17, 15) is 24.9 Å². The largest absolute Gasteiger partial charge is 0.481 e. The average molecular weight is 620 g/mol. The van der Waals surface area contributed by atoms with Crippen LogP contribution < -0.4 is 5.32 Å². The Morgan fingerprint density at radius 2 is 1.60 bits per heavy atom. The van der Waals surface area contributed by atoms with Crippen LogP contribution in [0.25, 0.3) is 5.57 Å². The van der Waals surface area contributed by atoms with Crippen molar-refractivity contribution in [2.75, 3.05) is 19.7 Å². The van der Waals surface area contributed by atoms with Crippen molar-refractivity contribution < 1.29 is 24.9 Å². The van der Waals surface area contributed by atoms with Gasteiger partial charge >= 0.3 is 11.9 Å². The van der Waals surface area contributed by atoms with Gasteiger partial charge < -0.3 is 20.6 Å². The molecular weight excluding hydrogens is 562 g/mol. The summed E-state index contributed by atoms with van der Waals surface area (Å²) in [6.45, 7) is 18.0. The maximum Gasteiger partial charge on any atom is 0.335 e. The molecule has 4 aliphatic rings. The van der Waals surface area contributed by atoms with Gasteiger partial charge in [-0.2, -0.15) is 0 Å². The molecule has 0 spiro atoms. The van der Waals surface area contributed by atoms with E-state index in [4.69, 9.17) is 0 Å². The average Bonchev–Trinajstić information content (AvgIpc) is 3.36. The van der Waals surface area contributed by atoms with E-state index in [1.165, 1.54) is 5.57 Å². The zero-order valence-corrected chi connectivity index (χ0v) is 28.3. The maximum absolute atomic E-state index is 13.1. The minimum absolute atomic E-state index is 0.0497. The number of nitrogens with one attached hydrogen (secondary N) is 1. The molecule has 45 heavy (non-hydrogen) atoms. The van der Waals surface area contributed by atoms with Gasteiger partial charge in [-0.1, -0.05) is 71.4 Å². The summed E-state index contributed by atoms with van der Waals surface area (Å²) in [5, 5.41) is 32.7. The van der Waals surface area contributed by atoms with Crippen molar-refractivity contribution in [3.8, 4) is 0 Å². The molecule has 3 fully saturated rings. The summed E-state index contributed by atoms with van der Waals surface area (Å²) in [5.41, 5.74) is 3.44. The summed E-state index contributed by atoms with van der Waals surface area (Å²) in [4.78, 5) is 24.6. The predicted octanol–water partition coefficient (Wildman–Crippen LogP) is 8.07. The van der Waals surface area contributed by atoms with Crippen LogP contribution >= 0.6 is 0 Å². The normalized spacial score (nSPS) is 37.8. The van der Waals surface area contributed by atoms with Gasteiger partial charge in [0.25, 0.3) is 0 Å². The van der Waals surface area contributed by atoms with Crippen molar-refractivity contribution in [2.24, 2.45) is 51.2 Å². The number of aliphatic hydroxyl groups excluding tert-OH is 1. The van der Waals surface area contributed by atoms with Gasteiger partial charge in [0, 0.05) is 13.1 Å². The molecule has 0 amide bonds. The standard InChI is InChI=1S/C39H57NO5/c1-25(24-40-22-23-41)29-15-21-39(35(44)45)20-14-26(2)37(5)19-17-32-36(3,4)30(27-10-12-28(13-11-27)34(42)43)16-18-38(32,6)33(37)9-7-8-31(29)39/h10-13,16,26,29,31-33,40-41H,1,7-9,14-15,17-24H2,2-6H3,(H,42,43)(H,44,45). The van der Waals surface area contributed by atoms with E-state index in [1.54, 1.807) is 12.1 Å². The minimum atomic E-state index is -0.894. The Hall–Kier alpha value is -2.44. The Bertz CT molecular complexity index is 1310. The lowest BCUT2D eigenvalue weighted by Gasteiger charge is -2.64. The first kappa shape index (κ1) is 33.9. The second-order valence-electron chi connectivity index (χ2n) is 16.2. The molecule has 1 aromatic carbocycles. The molecule has 5 rings (SSSR count). The highest BCUT2D eigenvalue weighted by molar-refractivity contribution is 5.88. The van der Waals surface area contributed by atoms with Gasteiger partial charge in [0.15, 0.2) is 0 Å². The first-order valence-electron chi connectivity index (χ1n) is 17.5. The fourth-order valence-electron chi connectivity index (χ4n) is 11.4. The zero-order valence-electron chi connectivity index (χ0n) is 28.3. The Labute approximate surface area is 270 Å². The molecule has 8 atom stereocenters. The maximum atomic E-state index is 13.1. The molecule has 6 heteroatoms. The highest BCUT2D eigenvalue weighted by Crippen LogP contribution is 2.69. The summed E-state index contributed by atoms with van der Waals surface area (Å²) >= 11 is 0. The van der Waals surface area contributed by atoms with Crippen LogP contribution in [0.4, 0.5) is 0 Å². The second kappa shape index (κ2) is 12.6. The van der Waals surface area contributed by atoms with Crippen molar-refractivity contribution in [1.29, 1.82) is 0 Å². The van der Waals surface area contributed by atoms with E-state index in [-0.39, 0.29) is 34.7 Å². The van der Waals surface area contributed by atoms with Gasteiger partial charge in [0.2, 0.25) is 0 Å². The molecule has 4 aliphatic carbocycles. The number of aromatic carboxylic acids is 1. The van der Waals surface area contributed by atoms with Crippen LogP contribution in [0.15, 0.2) is 42.5 Å². The number of aliphatic carboxylic acids is 1. The molecule has 6 nitrogen and oxygen atoms in total. The van der Waals surface area contributed by atoms with E-state index in [0.717, 1.165) is 75.3 Å². The quantitative estimate of drug-likeness (QED) is 0.173. The van der Waals surface area contributed by atoms with Crippen molar-refractivity contribution in [1.82, 2.24) is 5.32 Å². The predicted molar refractivity (Wildman–Crippen MR) is 180 cm³/mol. The number of hydrogen-bond donors (Lipinski definition) is 4. The molecule has 1 aromatic rings. The SMILES string of the molecule is C=C(CNCCO)C1CCC2(C(=O)O)CCC(C)C3(C)CCC4C(C)(C)C(c5ccc(C(=O)O)cc5)=CCC4(C)C3CCCC12.